The maximum atomic E-state index is 9.36. The van der Waals surface area contributed by atoms with Crippen LogP contribution in [0.1, 0.15) is 19.8 Å². The Morgan fingerprint density at radius 3 is 2.71 bits per heavy atom. The zero-order valence-corrected chi connectivity index (χ0v) is 9.31. The third kappa shape index (κ3) is 3.24. The van der Waals surface area contributed by atoms with E-state index in [1.165, 1.54) is 0 Å². The first kappa shape index (κ1) is 12.0. The van der Waals surface area contributed by atoms with Crippen molar-refractivity contribution in [1.29, 1.82) is 0 Å². The highest BCUT2D eigenvalue weighted by Gasteiger charge is 2.30. The molecule has 1 saturated heterocycles. The van der Waals surface area contributed by atoms with Crippen molar-refractivity contribution in [3.05, 3.63) is 11.1 Å². The molecule has 1 aliphatic rings. The van der Waals surface area contributed by atoms with E-state index in [1.807, 2.05) is 6.92 Å². The van der Waals surface area contributed by atoms with Crippen LogP contribution in [0.2, 0.25) is 0 Å². The van der Waals surface area contributed by atoms with Gasteiger partial charge in [0.1, 0.15) is 0 Å². The summed E-state index contributed by atoms with van der Waals surface area (Å²) in [5.74, 6) is 0. The van der Waals surface area contributed by atoms with Crippen LogP contribution in [-0.2, 0) is 4.74 Å². The highest BCUT2D eigenvalue weighted by molar-refractivity contribution is 6.25. The molecule has 0 aromatic rings. The van der Waals surface area contributed by atoms with Crippen molar-refractivity contribution in [2.75, 3.05) is 26.4 Å². The lowest BCUT2D eigenvalue weighted by Crippen LogP contribution is -2.52. The Bertz CT molecular complexity index is 200. The van der Waals surface area contributed by atoms with Crippen LogP contribution in [0.5, 0.6) is 0 Å². The second kappa shape index (κ2) is 5.71. The summed E-state index contributed by atoms with van der Waals surface area (Å²) in [4.78, 5) is 0. The van der Waals surface area contributed by atoms with E-state index in [0.717, 1.165) is 38.2 Å². The molecule has 0 radical (unpaired) electrons. The first-order valence-corrected chi connectivity index (χ1v) is 5.35. The highest BCUT2D eigenvalue weighted by atomic mass is 35.5. The summed E-state index contributed by atoms with van der Waals surface area (Å²) in [5, 5.41) is 12.7. The number of aliphatic hydroxyl groups is 1. The summed E-state index contributed by atoms with van der Waals surface area (Å²) in [6.45, 7) is 4.29. The van der Waals surface area contributed by atoms with E-state index >= 15 is 0 Å². The van der Waals surface area contributed by atoms with Crippen molar-refractivity contribution in [1.82, 2.24) is 5.32 Å². The van der Waals surface area contributed by atoms with Crippen molar-refractivity contribution in [3.8, 4) is 0 Å². The Hall–Kier alpha value is -0.0900. The van der Waals surface area contributed by atoms with Gasteiger partial charge in [0.2, 0.25) is 0 Å². The lowest BCUT2D eigenvalue weighted by molar-refractivity contribution is 0.0134. The van der Waals surface area contributed by atoms with Gasteiger partial charge in [0.25, 0.3) is 0 Å². The molecule has 0 atom stereocenters. The number of ether oxygens (including phenoxy) is 1. The molecule has 14 heavy (non-hydrogen) atoms. The van der Waals surface area contributed by atoms with E-state index in [9.17, 15) is 5.11 Å². The number of hydrogen-bond acceptors (Lipinski definition) is 3. The molecule has 0 amide bonds. The van der Waals surface area contributed by atoms with Gasteiger partial charge in [-0.3, -0.25) is 0 Å². The first-order valence-electron chi connectivity index (χ1n) is 4.92. The minimum atomic E-state index is -0.167. The quantitative estimate of drug-likeness (QED) is 0.748. The van der Waals surface area contributed by atoms with Gasteiger partial charge in [-0.25, -0.2) is 0 Å². The molecule has 0 bridgehead atoms. The molecule has 0 aliphatic carbocycles. The molecule has 3 nitrogen and oxygen atoms in total. The van der Waals surface area contributed by atoms with Gasteiger partial charge < -0.3 is 15.2 Å². The fraction of sp³-hybridized carbons (Fsp3) is 0.800. The lowest BCUT2D eigenvalue weighted by atomic mass is 9.91. The fourth-order valence-corrected chi connectivity index (χ4v) is 1.60. The zero-order chi connectivity index (χ0) is 10.4. The lowest BCUT2D eigenvalue weighted by Gasteiger charge is -2.36. The van der Waals surface area contributed by atoms with E-state index in [0.29, 0.717) is 0 Å². The Kier molecular flexibility index (Phi) is 4.89. The molecule has 4 heteroatoms. The molecule has 0 aromatic carbocycles. The van der Waals surface area contributed by atoms with Crippen LogP contribution >= 0.6 is 11.6 Å². The van der Waals surface area contributed by atoms with Crippen LogP contribution < -0.4 is 5.32 Å². The largest absolute Gasteiger partial charge is 0.394 e. The molecule has 1 rings (SSSR count). The summed E-state index contributed by atoms with van der Waals surface area (Å²) in [7, 11) is 0. The number of rotatable bonds is 4. The summed E-state index contributed by atoms with van der Waals surface area (Å²) in [6, 6.07) is 0. The predicted octanol–water partition coefficient (Wildman–Crippen LogP) is 1.26. The van der Waals surface area contributed by atoms with Crippen LogP contribution in [0.3, 0.4) is 0 Å². The Labute approximate surface area is 90.1 Å². The van der Waals surface area contributed by atoms with Gasteiger partial charge in [-0.05, 0) is 25.3 Å². The Morgan fingerprint density at radius 1 is 1.57 bits per heavy atom. The molecular formula is C10H18ClNO2. The van der Waals surface area contributed by atoms with Gasteiger partial charge in [0.05, 0.1) is 6.61 Å². The van der Waals surface area contributed by atoms with Crippen molar-refractivity contribution >= 4 is 11.6 Å². The van der Waals surface area contributed by atoms with Gasteiger partial charge in [-0.15, -0.1) is 0 Å². The average Bonchev–Trinajstić information content (AvgIpc) is 2.27. The van der Waals surface area contributed by atoms with Crippen LogP contribution in [-0.4, -0.2) is 37.0 Å². The molecule has 1 heterocycles. The third-order valence-electron chi connectivity index (χ3n) is 2.68. The van der Waals surface area contributed by atoms with E-state index in [-0.39, 0.29) is 12.1 Å². The smallest absolute Gasteiger partial charge is 0.0615 e. The number of aliphatic hydroxyl groups excluding tert-OH is 1. The van der Waals surface area contributed by atoms with Gasteiger partial charge >= 0.3 is 0 Å². The van der Waals surface area contributed by atoms with E-state index in [1.54, 1.807) is 5.54 Å². The van der Waals surface area contributed by atoms with Crippen LogP contribution in [0.15, 0.2) is 11.1 Å². The van der Waals surface area contributed by atoms with Crippen LogP contribution in [0, 0.1) is 0 Å². The van der Waals surface area contributed by atoms with Crippen LogP contribution in [0.4, 0.5) is 0 Å². The molecule has 1 fully saturated rings. The molecule has 1 aliphatic heterocycles. The maximum absolute atomic E-state index is 9.36. The second-order valence-electron chi connectivity index (χ2n) is 3.86. The maximum Gasteiger partial charge on any atom is 0.0615 e. The fourth-order valence-electron chi connectivity index (χ4n) is 1.52. The van der Waals surface area contributed by atoms with E-state index in [4.69, 9.17) is 16.3 Å². The minimum Gasteiger partial charge on any atom is -0.394 e. The molecule has 0 saturated carbocycles. The van der Waals surface area contributed by atoms with E-state index < -0.39 is 0 Å². The topological polar surface area (TPSA) is 41.5 Å². The van der Waals surface area contributed by atoms with E-state index in [2.05, 4.69) is 5.32 Å². The molecule has 0 aromatic heterocycles. The predicted molar refractivity (Wildman–Crippen MR) is 57.5 cm³/mol. The summed E-state index contributed by atoms with van der Waals surface area (Å²) in [5.41, 5.74) is 2.47. The average molecular weight is 220 g/mol. The molecule has 0 unspecified atom stereocenters. The molecular weight excluding hydrogens is 202 g/mol. The Balaban J connectivity index is 2.44. The zero-order valence-electron chi connectivity index (χ0n) is 8.55. The summed E-state index contributed by atoms with van der Waals surface area (Å²) in [6.07, 6.45) is 1.72. The molecule has 2 N–H and O–H groups in total. The number of hydrogen-bond donors (Lipinski definition) is 2. The standard InChI is InChI=1S/C10H18ClNO2/c1-9(6-11)7-12-10(8-13)2-4-14-5-3-10/h6,12-13H,2-5,7-8H2,1H3. The monoisotopic (exact) mass is 219 g/mol. The first-order chi connectivity index (χ1) is 6.72. The van der Waals surface area contributed by atoms with Crippen LogP contribution in [0.25, 0.3) is 0 Å². The van der Waals surface area contributed by atoms with Gasteiger partial charge in [0, 0.05) is 30.8 Å². The second-order valence-corrected chi connectivity index (χ2v) is 4.08. The molecule has 0 spiro atoms. The highest BCUT2D eigenvalue weighted by Crippen LogP contribution is 2.20. The SMILES string of the molecule is CC(=CCl)CNC1(CO)CCOCC1. The summed E-state index contributed by atoms with van der Waals surface area (Å²) < 4.78 is 5.27. The van der Waals surface area contributed by atoms with Gasteiger partial charge in [-0.1, -0.05) is 11.6 Å². The number of nitrogens with one attached hydrogen (secondary N) is 1. The minimum absolute atomic E-state index is 0.159. The van der Waals surface area contributed by atoms with Gasteiger partial charge in [-0.2, -0.15) is 0 Å². The molecule has 82 valence electrons. The van der Waals surface area contributed by atoms with Crippen molar-refractivity contribution in [2.45, 2.75) is 25.3 Å². The normalized spacial score (nSPS) is 22.4. The van der Waals surface area contributed by atoms with Gasteiger partial charge in [0.15, 0.2) is 0 Å². The van der Waals surface area contributed by atoms with Crippen molar-refractivity contribution in [2.24, 2.45) is 0 Å². The Morgan fingerprint density at radius 2 is 2.21 bits per heavy atom. The summed E-state index contributed by atoms with van der Waals surface area (Å²) >= 11 is 5.57. The third-order valence-corrected chi connectivity index (χ3v) is 3.05. The van der Waals surface area contributed by atoms with Crippen molar-refractivity contribution in [3.63, 3.8) is 0 Å². The number of halogens is 1. The van der Waals surface area contributed by atoms with Crippen molar-refractivity contribution < 1.29 is 9.84 Å².